The van der Waals surface area contributed by atoms with Crippen LogP contribution in [0.3, 0.4) is 0 Å². The molecular formula is C15H23NO5S. The molecule has 6 nitrogen and oxygen atoms in total. The van der Waals surface area contributed by atoms with Crippen molar-refractivity contribution in [2.75, 3.05) is 26.5 Å². The average Bonchev–Trinajstić information content (AvgIpc) is 2.47. The standard InChI is InChI=1S/C15H23NO5S/c1-6-16(7-2)15(17)21-14-12(11(3)22(5,18)19)9-8-10-13(14)20-4/h8-11H,6-7H2,1-5H3/t11-/m0/s1. The summed E-state index contributed by atoms with van der Waals surface area (Å²) in [4.78, 5) is 13.7. The Hall–Kier alpha value is -1.76. The van der Waals surface area contributed by atoms with Gasteiger partial charge in [0.1, 0.15) is 0 Å². The van der Waals surface area contributed by atoms with Crippen molar-refractivity contribution in [2.45, 2.75) is 26.0 Å². The molecule has 1 aromatic carbocycles. The van der Waals surface area contributed by atoms with Crippen molar-refractivity contribution in [3.05, 3.63) is 23.8 Å². The number of methoxy groups -OCH3 is 1. The number of amides is 1. The first-order valence-electron chi connectivity index (χ1n) is 7.08. The summed E-state index contributed by atoms with van der Waals surface area (Å²) in [5, 5.41) is -0.804. The molecule has 22 heavy (non-hydrogen) atoms. The Morgan fingerprint density at radius 3 is 2.32 bits per heavy atom. The largest absolute Gasteiger partial charge is 0.493 e. The molecule has 0 aliphatic rings. The lowest BCUT2D eigenvalue weighted by molar-refractivity contribution is 0.155. The highest BCUT2D eigenvalue weighted by Crippen LogP contribution is 2.37. The van der Waals surface area contributed by atoms with Gasteiger partial charge in [0.05, 0.1) is 12.4 Å². The van der Waals surface area contributed by atoms with Crippen molar-refractivity contribution in [1.82, 2.24) is 4.90 Å². The summed E-state index contributed by atoms with van der Waals surface area (Å²) in [5.74, 6) is 0.480. The Bertz CT molecular complexity index is 623. The van der Waals surface area contributed by atoms with Gasteiger partial charge in [-0.05, 0) is 26.8 Å². The number of nitrogens with zero attached hydrogens (tertiary/aromatic N) is 1. The summed E-state index contributed by atoms with van der Waals surface area (Å²) >= 11 is 0. The van der Waals surface area contributed by atoms with Gasteiger partial charge in [-0.15, -0.1) is 0 Å². The first kappa shape index (κ1) is 18.3. The van der Waals surface area contributed by atoms with E-state index in [9.17, 15) is 13.2 Å². The van der Waals surface area contributed by atoms with Gasteiger partial charge in [0.15, 0.2) is 21.3 Å². The number of ether oxygens (including phenoxy) is 2. The molecule has 0 aromatic heterocycles. The zero-order valence-electron chi connectivity index (χ0n) is 13.6. The van der Waals surface area contributed by atoms with Crippen LogP contribution in [0, 0.1) is 0 Å². The summed E-state index contributed by atoms with van der Waals surface area (Å²) in [6, 6.07) is 4.92. The molecule has 0 fully saturated rings. The van der Waals surface area contributed by atoms with Crippen molar-refractivity contribution in [2.24, 2.45) is 0 Å². The number of sulfone groups is 1. The monoisotopic (exact) mass is 329 g/mol. The summed E-state index contributed by atoms with van der Waals surface area (Å²) in [6.45, 7) is 6.24. The zero-order valence-corrected chi connectivity index (χ0v) is 14.4. The average molecular weight is 329 g/mol. The maximum atomic E-state index is 12.2. The van der Waals surface area contributed by atoms with Crippen molar-refractivity contribution >= 4 is 15.9 Å². The van der Waals surface area contributed by atoms with E-state index in [2.05, 4.69) is 0 Å². The van der Waals surface area contributed by atoms with E-state index in [1.807, 2.05) is 13.8 Å². The minimum Gasteiger partial charge on any atom is -0.493 e. The molecule has 1 rings (SSSR count). The van der Waals surface area contributed by atoms with Crippen LogP contribution in [-0.4, -0.2) is 45.9 Å². The van der Waals surface area contributed by atoms with Crippen LogP contribution in [0.1, 0.15) is 31.6 Å². The lowest BCUT2D eigenvalue weighted by Gasteiger charge is -2.21. The molecule has 1 atom stereocenters. The SMILES string of the molecule is CCN(CC)C(=O)Oc1c(OC)cccc1[C@H](C)S(C)(=O)=O. The van der Waals surface area contributed by atoms with Gasteiger partial charge in [0.2, 0.25) is 0 Å². The van der Waals surface area contributed by atoms with E-state index in [-0.39, 0.29) is 5.75 Å². The second-order valence-electron chi connectivity index (χ2n) is 4.89. The summed E-state index contributed by atoms with van der Waals surface area (Å²) < 4.78 is 34.3. The van der Waals surface area contributed by atoms with Gasteiger partial charge in [-0.2, -0.15) is 0 Å². The van der Waals surface area contributed by atoms with Gasteiger partial charge in [-0.3, -0.25) is 0 Å². The van der Waals surface area contributed by atoms with E-state index in [0.29, 0.717) is 24.4 Å². The molecule has 0 saturated carbocycles. The second-order valence-corrected chi connectivity index (χ2v) is 7.26. The quantitative estimate of drug-likeness (QED) is 0.802. The van der Waals surface area contributed by atoms with Crippen LogP contribution in [0.2, 0.25) is 0 Å². The van der Waals surface area contributed by atoms with Gasteiger partial charge >= 0.3 is 6.09 Å². The molecule has 0 heterocycles. The number of carbonyl (C=O) groups excluding carboxylic acids is 1. The molecule has 0 aliphatic heterocycles. The van der Waals surface area contributed by atoms with Crippen LogP contribution in [0.5, 0.6) is 11.5 Å². The number of rotatable bonds is 6. The Kier molecular flexibility index (Phi) is 6.22. The third kappa shape index (κ3) is 4.13. The number of para-hydroxylation sites is 1. The smallest absolute Gasteiger partial charge is 0.415 e. The molecule has 1 amide bonds. The van der Waals surface area contributed by atoms with E-state index in [1.165, 1.54) is 12.0 Å². The van der Waals surface area contributed by atoms with Crippen molar-refractivity contribution < 1.29 is 22.7 Å². The zero-order chi connectivity index (χ0) is 16.9. The summed E-state index contributed by atoms with van der Waals surface area (Å²) in [7, 11) is -1.89. The van der Waals surface area contributed by atoms with E-state index in [4.69, 9.17) is 9.47 Å². The molecule has 0 N–H and O–H groups in total. The first-order valence-corrected chi connectivity index (χ1v) is 9.04. The van der Waals surface area contributed by atoms with E-state index < -0.39 is 21.2 Å². The Labute approximate surface area is 131 Å². The molecular weight excluding hydrogens is 306 g/mol. The minimum absolute atomic E-state index is 0.153. The molecule has 0 saturated heterocycles. The highest BCUT2D eigenvalue weighted by Gasteiger charge is 2.26. The Morgan fingerprint density at radius 1 is 1.27 bits per heavy atom. The van der Waals surface area contributed by atoms with Crippen LogP contribution in [0.15, 0.2) is 18.2 Å². The van der Waals surface area contributed by atoms with Gasteiger partial charge in [0, 0.05) is 24.9 Å². The van der Waals surface area contributed by atoms with Crippen LogP contribution in [0.4, 0.5) is 4.79 Å². The second kappa shape index (κ2) is 7.49. The normalized spacial score (nSPS) is 12.6. The van der Waals surface area contributed by atoms with Crippen LogP contribution in [0.25, 0.3) is 0 Å². The van der Waals surface area contributed by atoms with E-state index in [0.717, 1.165) is 6.26 Å². The molecule has 1 aromatic rings. The maximum absolute atomic E-state index is 12.2. The minimum atomic E-state index is -3.33. The highest BCUT2D eigenvalue weighted by atomic mass is 32.2. The van der Waals surface area contributed by atoms with E-state index in [1.54, 1.807) is 25.1 Å². The summed E-state index contributed by atoms with van der Waals surface area (Å²) in [5.41, 5.74) is 0.405. The molecule has 124 valence electrons. The predicted molar refractivity (Wildman–Crippen MR) is 85.2 cm³/mol. The molecule has 0 spiro atoms. The number of benzene rings is 1. The fourth-order valence-electron chi connectivity index (χ4n) is 1.99. The van der Waals surface area contributed by atoms with Gasteiger partial charge in [0.25, 0.3) is 0 Å². The first-order chi connectivity index (χ1) is 10.3. The van der Waals surface area contributed by atoms with Gasteiger partial charge in [-0.25, -0.2) is 13.2 Å². The third-order valence-corrected chi connectivity index (χ3v) is 5.06. The van der Waals surface area contributed by atoms with E-state index >= 15 is 0 Å². The molecule has 0 bridgehead atoms. The number of carbonyl (C=O) groups is 1. The van der Waals surface area contributed by atoms with Gasteiger partial charge < -0.3 is 14.4 Å². The number of hydrogen-bond donors (Lipinski definition) is 0. The summed E-state index contributed by atoms with van der Waals surface area (Å²) in [6.07, 6.45) is 0.615. The van der Waals surface area contributed by atoms with Crippen molar-refractivity contribution in [1.29, 1.82) is 0 Å². The lowest BCUT2D eigenvalue weighted by atomic mass is 10.1. The molecule has 0 radical (unpaired) electrons. The highest BCUT2D eigenvalue weighted by molar-refractivity contribution is 7.90. The van der Waals surface area contributed by atoms with Crippen molar-refractivity contribution in [3.8, 4) is 11.5 Å². The van der Waals surface area contributed by atoms with Crippen LogP contribution in [-0.2, 0) is 9.84 Å². The molecule has 0 aliphatic carbocycles. The van der Waals surface area contributed by atoms with Crippen LogP contribution >= 0.6 is 0 Å². The topological polar surface area (TPSA) is 72.9 Å². The van der Waals surface area contributed by atoms with Gasteiger partial charge in [-0.1, -0.05) is 12.1 Å². The predicted octanol–water partition coefficient (Wildman–Crippen LogP) is 2.64. The Morgan fingerprint density at radius 2 is 1.86 bits per heavy atom. The number of hydrogen-bond acceptors (Lipinski definition) is 5. The fraction of sp³-hybridized carbons (Fsp3) is 0.533. The lowest BCUT2D eigenvalue weighted by Crippen LogP contribution is -2.33. The third-order valence-electron chi connectivity index (χ3n) is 3.52. The fourth-order valence-corrected chi connectivity index (χ4v) is 2.63. The molecule has 0 unspecified atom stereocenters. The van der Waals surface area contributed by atoms with Crippen LogP contribution < -0.4 is 9.47 Å². The maximum Gasteiger partial charge on any atom is 0.415 e. The van der Waals surface area contributed by atoms with Crippen molar-refractivity contribution in [3.63, 3.8) is 0 Å². The Balaban J connectivity index is 3.29. The molecule has 7 heteroatoms.